The summed E-state index contributed by atoms with van der Waals surface area (Å²) in [5, 5.41) is 0. The Bertz CT molecular complexity index is 751. The van der Waals surface area contributed by atoms with Gasteiger partial charge in [-0.15, -0.1) is 0 Å². The third kappa shape index (κ3) is 2.50. The number of amides is 1. The number of rotatable bonds is 2. The SMILES string of the molecule is COC(=O)[C@H]1c2ccccc2N(C(C)=O)[C@@H]1c1ccc(C)cc1. The topological polar surface area (TPSA) is 46.6 Å². The van der Waals surface area contributed by atoms with Crippen LogP contribution in [0.5, 0.6) is 0 Å². The first-order chi connectivity index (χ1) is 11.0. The highest BCUT2D eigenvalue weighted by Crippen LogP contribution is 2.49. The molecule has 2 aromatic carbocycles. The number of benzene rings is 2. The molecule has 0 spiro atoms. The third-order valence-corrected chi connectivity index (χ3v) is 4.34. The lowest BCUT2D eigenvalue weighted by atomic mass is 9.90. The standard InChI is InChI=1S/C19H19NO3/c1-12-8-10-14(11-9-12)18-17(19(22)23-3)15-6-4-5-7-16(15)20(18)13(2)21/h4-11,17-18H,1-3H3/t17-,18+/m0/s1. The van der Waals surface area contributed by atoms with Crippen LogP contribution in [0.2, 0.25) is 0 Å². The van der Waals surface area contributed by atoms with Crippen LogP contribution in [0.25, 0.3) is 0 Å². The Morgan fingerprint density at radius 3 is 2.30 bits per heavy atom. The highest BCUT2D eigenvalue weighted by atomic mass is 16.5. The molecule has 3 rings (SSSR count). The van der Waals surface area contributed by atoms with Gasteiger partial charge < -0.3 is 9.64 Å². The molecular formula is C19H19NO3. The summed E-state index contributed by atoms with van der Waals surface area (Å²) in [5.41, 5.74) is 3.67. The molecule has 0 bridgehead atoms. The lowest BCUT2D eigenvalue weighted by Crippen LogP contribution is -2.33. The van der Waals surface area contributed by atoms with Crippen LogP contribution in [0.15, 0.2) is 48.5 Å². The summed E-state index contributed by atoms with van der Waals surface area (Å²) in [6.07, 6.45) is 0. The summed E-state index contributed by atoms with van der Waals surface area (Å²) in [5.74, 6) is -0.927. The highest BCUT2D eigenvalue weighted by Gasteiger charge is 2.45. The van der Waals surface area contributed by atoms with Crippen molar-refractivity contribution in [1.82, 2.24) is 0 Å². The number of fused-ring (bicyclic) bond motifs is 1. The zero-order valence-electron chi connectivity index (χ0n) is 13.4. The van der Waals surface area contributed by atoms with Crippen molar-refractivity contribution in [2.45, 2.75) is 25.8 Å². The molecular weight excluding hydrogens is 290 g/mol. The third-order valence-electron chi connectivity index (χ3n) is 4.34. The second kappa shape index (κ2) is 5.88. The molecule has 0 saturated carbocycles. The second-order valence-electron chi connectivity index (χ2n) is 5.80. The van der Waals surface area contributed by atoms with Crippen LogP contribution in [0.3, 0.4) is 0 Å². The van der Waals surface area contributed by atoms with E-state index in [1.54, 1.807) is 4.90 Å². The molecule has 0 aliphatic carbocycles. The fourth-order valence-corrected chi connectivity index (χ4v) is 3.29. The van der Waals surface area contributed by atoms with E-state index >= 15 is 0 Å². The smallest absolute Gasteiger partial charge is 0.315 e. The molecule has 2 aromatic rings. The van der Waals surface area contributed by atoms with E-state index in [0.29, 0.717) is 0 Å². The summed E-state index contributed by atoms with van der Waals surface area (Å²) < 4.78 is 5.02. The first-order valence-electron chi connectivity index (χ1n) is 7.57. The molecule has 1 amide bonds. The van der Waals surface area contributed by atoms with Crippen molar-refractivity contribution in [2.75, 3.05) is 12.0 Å². The van der Waals surface area contributed by atoms with Gasteiger partial charge in [-0.2, -0.15) is 0 Å². The van der Waals surface area contributed by atoms with Gasteiger partial charge in [-0.3, -0.25) is 9.59 Å². The summed E-state index contributed by atoms with van der Waals surface area (Å²) in [7, 11) is 1.38. The van der Waals surface area contributed by atoms with Crippen molar-refractivity contribution in [1.29, 1.82) is 0 Å². The molecule has 1 aliphatic rings. The minimum Gasteiger partial charge on any atom is -0.468 e. The number of hydrogen-bond donors (Lipinski definition) is 0. The molecule has 0 N–H and O–H groups in total. The molecule has 1 aliphatic heterocycles. The van der Waals surface area contributed by atoms with Gasteiger partial charge in [0, 0.05) is 12.6 Å². The molecule has 0 fully saturated rings. The minimum atomic E-state index is -0.511. The van der Waals surface area contributed by atoms with Crippen molar-refractivity contribution in [3.05, 3.63) is 65.2 Å². The average Bonchev–Trinajstić information content (AvgIpc) is 2.90. The van der Waals surface area contributed by atoms with Crippen LogP contribution >= 0.6 is 0 Å². The van der Waals surface area contributed by atoms with E-state index in [4.69, 9.17) is 4.74 Å². The molecule has 0 saturated heterocycles. The molecule has 2 atom stereocenters. The van der Waals surface area contributed by atoms with Gasteiger partial charge in [-0.25, -0.2) is 0 Å². The van der Waals surface area contributed by atoms with Crippen molar-refractivity contribution in [3.8, 4) is 0 Å². The van der Waals surface area contributed by atoms with E-state index < -0.39 is 5.92 Å². The number of esters is 1. The molecule has 0 aromatic heterocycles. The largest absolute Gasteiger partial charge is 0.468 e. The van der Waals surface area contributed by atoms with Crippen molar-refractivity contribution >= 4 is 17.6 Å². The number of nitrogens with zero attached hydrogens (tertiary/aromatic N) is 1. The van der Waals surface area contributed by atoms with Crippen molar-refractivity contribution in [2.24, 2.45) is 0 Å². The Labute approximate surface area is 135 Å². The van der Waals surface area contributed by atoms with Gasteiger partial charge in [0.15, 0.2) is 0 Å². The van der Waals surface area contributed by atoms with Crippen LogP contribution in [0.4, 0.5) is 5.69 Å². The van der Waals surface area contributed by atoms with Gasteiger partial charge in [0.1, 0.15) is 5.92 Å². The number of ether oxygens (including phenoxy) is 1. The van der Waals surface area contributed by atoms with Crippen molar-refractivity contribution < 1.29 is 14.3 Å². The zero-order valence-corrected chi connectivity index (χ0v) is 13.4. The number of anilines is 1. The fraction of sp³-hybridized carbons (Fsp3) is 0.263. The van der Waals surface area contributed by atoms with E-state index in [0.717, 1.165) is 22.4 Å². The maximum absolute atomic E-state index is 12.4. The number of carbonyl (C=O) groups excluding carboxylic acids is 2. The van der Waals surface area contributed by atoms with Gasteiger partial charge in [0.25, 0.3) is 0 Å². The Morgan fingerprint density at radius 2 is 1.70 bits per heavy atom. The van der Waals surface area contributed by atoms with Crippen LogP contribution in [0.1, 0.15) is 35.6 Å². The number of carbonyl (C=O) groups is 2. The molecule has 0 radical (unpaired) electrons. The zero-order chi connectivity index (χ0) is 16.6. The number of methoxy groups -OCH3 is 1. The predicted molar refractivity (Wildman–Crippen MR) is 88.3 cm³/mol. The van der Waals surface area contributed by atoms with Crippen molar-refractivity contribution in [3.63, 3.8) is 0 Å². The van der Waals surface area contributed by atoms with Gasteiger partial charge in [0.05, 0.1) is 13.2 Å². The van der Waals surface area contributed by atoms with Crippen LogP contribution < -0.4 is 4.90 Å². The van der Waals surface area contributed by atoms with Gasteiger partial charge in [-0.1, -0.05) is 48.0 Å². The summed E-state index contributed by atoms with van der Waals surface area (Å²) in [4.78, 5) is 26.4. The quantitative estimate of drug-likeness (QED) is 0.799. The normalized spacial score (nSPS) is 19.3. The van der Waals surface area contributed by atoms with Crippen LogP contribution in [-0.2, 0) is 14.3 Å². The van der Waals surface area contributed by atoms with Gasteiger partial charge in [-0.05, 0) is 24.1 Å². The van der Waals surface area contributed by atoms with Crippen LogP contribution in [-0.4, -0.2) is 19.0 Å². The molecule has 0 unspecified atom stereocenters. The number of para-hydroxylation sites is 1. The lowest BCUT2D eigenvalue weighted by molar-refractivity contribution is -0.142. The maximum atomic E-state index is 12.4. The monoisotopic (exact) mass is 309 g/mol. The fourth-order valence-electron chi connectivity index (χ4n) is 3.29. The average molecular weight is 309 g/mol. The number of aryl methyl sites for hydroxylation is 1. The Kier molecular flexibility index (Phi) is 3.90. The molecule has 4 heteroatoms. The minimum absolute atomic E-state index is 0.0885. The summed E-state index contributed by atoms with van der Waals surface area (Å²) >= 11 is 0. The molecule has 118 valence electrons. The molecule has 4 nitrogen and oxygen atoms in total. The van der Waals surface area contributed by atoms with E-state index in [9.17, 15) is 9.59 Å². The maximum Gasteiger partial charge on any atom is 0.315 e. The first kappa shape index (κ1) is 15.3. The van der Waals surface area contributed by atoms with E-state index in [1.165, 1.54) is 14.0 Å². The first-order valence-corrected chi connectivity index (χ1v) is 7.57. The Balaban J connectivity index is 2.19. The lowest BCUT2D eigenvalue weighted by Gasteiger charge is -2.27. The summed E-state index contributed by atoms with van der Waals surface area (Å²) in [6.45, 7) is 3.53. The predicted octanol–water partition coefficient (Wildman–Crippen LogP) is 3.36. The van der Waals surface area contributed by atoms with Gasteiger partial charge in [0.2, 0.25) is 5.91 Å². The molecule has 1 heterocycles. The summed E-state index contributed by atoms with van der Waals surface area (Å²) in [6, 6.07) is 15.1. The van der Waals surface area contributed by atoms with Crippen LogP contribution in [0, 0.1) is 6.92 Å². The van der Waals surface area contributed by atoms with E-state index in [1.807, 2.05) is 55.5 Å². The van der Waals surface area contributed by atoms with E-state index in [-0.39, 0.29) is 17.9 Å². The highest BCUT2D eigenvalue weighted by molar-refractivity contribution is 5.99. The van der Waals surface area contributed by atoms with Gasteiger partial charge >= 0.3 is 5.97 Å². The van der Waals surface area contributed by atoms with E-state index in [2.05, 4.69) is 0 Å². The Hall–Kier alpha value is -2.62. The molecule has 23 heavy (non-hydrogen) atoms. The second-order valence-corrected chi connectivity index (χ2v) is 5.80. The number of hydrogen-bond acceptors (Lipinski definition) is 3. The Morgan fingerprint density at radius 1 is 1.04 bits per heavy atom.